The lowest BCUT2D eigenvalue weighted by molar-refractivity contribution is -0.121. The van der Waals surface area contributed by atoms with Crippen molar-refractivity contribution in [3.63, 3.8) is 0 Å². The molecule has 2 aromatic heterocycles. The zero-order valence-electron chi connectivity index (χ0n) is 16.1. The number of aryl methyl sites for hydroxylation is 2. The summed E-state index contributed by atoms with van der Waals surface area (Å²) in [5.41, 5.74) is 3.21. The molecule has 0 radical (unpaired) electrons. The van der Waals surface area contributed by atoms with Gasteiger partial charge >= 0.3 is 0 Å². The van der Waals surface area contributed by atoms with Crippen LogP contribution < -0.4 is 5.32 Å². The van der Waals surface area contributed by atoms with E-state index in [1.807, 2.05) is 36.6 Å². The van der Waals surface area contributed by atoms with Gasteiger partial charge in [0, 0.05) is 11.6 Å². The van der Waals surface area contributed by atoms with Crippen LogP contribution in [0.4, 0.5) is 5.69 Å². The van der Waals surface area contributed by atoms with Gasteiger partial charge in [0.15, 0.2) is 0 Å². The summed E-state index contributed by atoms with van der Waals surface area (Å²) in [7, 11) is 0. The molecule has 1 saturated heterocycles. The fourth-order valence-corrected chi connectivity index (χ4v) is 4.21. The van der Waals surface area contributed by atoms with E-state index in [2.05, 4.69) is 33.3 Å². The molecule has 1 aliphatic heterocycles. The maximum absolute atomic E-state index is 12.6. The molecule has 3 aromatic rings. The number of carbonyl (C=O) groups is 1. The molecule has 1 amide bonds. The number of amides is 1. The number of anilines is 1. The first kappa shape index (κ1) is 18.8. The highest BCUT2D eigenvalue weighted by Crippen LogP contribution is 2.24. The number of thiophene rings is 1. The van der Waals surface area contributed by atoms with Crippen molar-refractivity contribution in [2.45, 2.75) is 33.2 Å². The molecule has 0 bridgehead atoms. The molecule has 0 atom stereocenters. The number of rotatable bonds is 5. The quantitative estimate of drug-likeness (QED) is 0.697. The Hall–Kier alpha value is -2.51. The molecular weight excluding hydrogens is 372 g/mol. The van der Waals surface area contributed by atoms with Crippen LogP contribution in [0.25, 0.3) is 10.7 Å². The maximum Gasteiger partial charge on any atom is 0.241 e. The van der Waals surface area contributed by atoms with Crippen molar-refractivity contribution >= 4 is 22.9 Å². The van der Waals surface area contributed by atoms with Gasteiger partial charge in [0.2, 0.25) is 17.6 Å². The van der Waals surface area contributed by atoms with Crippen LogP contribution in [0.3, 0.4) is 0 Å². The smallest absolute Gasteiger partial charge is 0.241 e. The van der Waals surface area contributed by atoms with E-state index in [1.54, 1.807) is 11.3 Å². The number of benzene rings is 1. The van der Waals surface area contributed by atoms with Crippen molar-refractivity contribution in [1.82, 2.24) is 15.0 Å². The number of hydrogen-bond donors (Lipinski definition) is 1. The molecule has 7 heteroatoms. The highest BCUT2D eigenvalue weighted by atomic mass is 32.1. The molecule has 4 rings (SSSR count). The third-order valence-corrected chi connectivity index (χ3v) is 6.03. The molecule has 0 aliphatic carbocycles. The Balaban J connectivity index is 1.29. The van der Waals surface area contributed by atoms with Gasteiger partial charge in [0.25, 0.3) is 0 Å². The van der Waals surface area contributed by atoms with Gasteiger partial charge < -0.3 is 9.84 Å². The van der Waals surface area contributed by atoms with E-state index < -0.39 is 0 Å². The lowest BCUT2D eigenvalue weighted by Crippen LogP contribution is -2.37. The van der Waals surface area contributed by atoms with E-state index in [1.165, 1.54) is 5.56 Å². The van der Waals surface area contributed by atoms with Crippen LogP contribution in [0.1, 0.15) is 29.9 Å². The van der Waals surface area contributed by atoms with Crippen molar-refractivity contribution < 1.29 is 9.32 Å². The Kier molecular flexibility index (Phi) is 5.54. The SMILES string of the molecule is Cc1ccc(NC(=O)C2CCN(Cc3nc(-c4cccs4)no3)CC2)c(C)c1. The number of piperidine rings is 1. The van der Waals surface area contributed by atoms with Crippen molar-refractivity contribution in [2.24, 2.45) is 5.92 Å². The largest absolute Gasteiger partial charge is 0.338 e. The Morgan fingerprint density at radius 1 is 1.29 bits per heavy atom. The van der Waals surface area contributed by atoms with Gasteiger partial charge in [-0.1, -0.05) is 28.9 Å². The number of nitrogens with zero attached hydrogens (tertiary/aromatic N) is 3. The minimum Gasteiger partial charge on any atom is -0.338 e. The average molecular weight is 397 g/mol. The summed E-state index contributed by atoms with van der Waals surface area (Å²) >= 11 is 1.60. The third-order valence-electron chi connectivity index (χ3n) is 5.17. The summed E-state index contributed by atoms with van der Waals surface area (Å²) in [5.74, 6) is 1.43. The Morgan fingerprint density at radius 3 is 2.82 bits per heavy atom. The highest BCUT2D eigenvalue weighted by Gasteiger charge is 2.26. The van der Waals surface area contributed by atoms with Crippen molar-refractivity contribution in [3.05, 3.63) is 52.7 Å². The maximum atomic E-state index is 12.6. The van der Waals surface area contributed by atoms with Gasteiger partial charge in [-0.15, -0.1) is 11.3 Å². The fraction of sp³-hybridized carbons (Fsp3) is 0.381. The summed E-state index contributed by atoms with van der Waals surface area (Å²) in [6.07, 6.45) is 1.67. The van der Waals surface area contributed by atoms with Crippen LogP contribution in [-0.4, -0.2) is 34.0 Å². The molecule has 1 N–H and O–H groups in total. The first-order valence-electron chi connectivity index (χ1n) is 9.55. The van der Waals surface area contributed by atoms with Gasteiger partial charge in [-0.25, -0.2) is 0 Å². The monoisotopic (exact) mass is 396 g/mol. The molecule has 0 saturated carbocycles. The zero-order chi connectivity index (χ0) is 19.5. The molecule has 146 valence electrons. The van der Waals surface area contributed by atoms with E-state index in [4.69, 9.17) is 4.52 Å². The fourth-order valence-electron chi connectivity index (χ4n) is 3.56. The summed E-state index contributed by atoms with van der Waals surface area (Å²) in [4.78, 5) is 20.4. The minimum atomic E-state index is 0.0429. The summed E-state index contributed by atoms with van der Waals surface area (Å²) in [6, 6.07) is 10.1. The van der Waals surface area contributed by atoms with Crippen LogP contribution in [0, 0.1) is 19.8 Å². The number of aromatic nitrogens is 2. The molecule has 6 nitrogen and oxygen atoms in total. The molecule has 1 aliphatic rings. The predicted octanol–water partition coefficient (Wildman–Crippen LogP) is 4.27. The Labute approximate surface area is 168 Å². The topological polar surface area (TPSA) is 71.3 Å². The second-order valence-electron chi connectivity index (χ2n) is 7.35. The lowest BCUT2D eigenvalue weighted by Gasteiger charge is -2.30. The Bertz CT molecular complexity index is 943. The first-order chi connectivity index (χ1) is 13.6. The van der Waals surface area contributed by atoms with E-state index in [0.29, 0.717) is 18.3 Å². The highest BCUT2D eigenvalue weighted by molar-refractivity contribution is 7.13. The van der Waals surface area contributed by atoms with Crippen molar-refractivity contribution in [3.8, 4) is 10.7 Å². The zero-order valence-corrected chi connectivity index (χ0v) is 17.0. The van der Waals surface area contributed by atoms with Gasteiger partial charge in [-0.3, -0.25) is 9.69 Å². The van der Waals surface area contributed by atoms with Gasteiger partial charge in [-0.05, 0) is 62.9 Å². The average Bonchev–Trinajstić information content (AvgIpc) is 3.36. The molecular formula is C21H24N4O2S. The lowest BCUT2D eigenvalue weighted by atomic mass is 9.95. The molecule has 0 spiro atoms. The van der Waals surface area contributed by atoms with E-state index >= 15 is 0 Å². The molecule has 28 heavy (non-hydrogen) atoms. The standard InChI is InChI=1S/C21H24N4O2S/c1-14-5-6-17(15(2)12-14)22-21(26)16-7-9-25(10-8-16)13-19-23-20(24-27-19)18-4-3-11-28-18/h3-6,11-12,16H,7-10,13H2,1-2H3,(H,22,26). The normalized spacial score (nSPS) is 15.6. The minimum absolute atomic E-state index is 0.0429. The number of nitrogens with one attached hydrogen (secondary N) is 1. The van der Waals surface area contributed by atoms with Crippen LogP contribution in [0.5, 0.6) is 0 Å². The van der Waals surface area contributed by atoms with Gasteiger partial charge in [-0.2, -0.15) is 4.98 Å². The van der Waals surface area contributed by atoms with Gasteiger partial charge in [0.05, 0.1) is 11.4 Å². The number of likely N-dealkylation sites (tertiary alicyclic amines) is 1. The molecule has 0 unspecified atom stereocenters. The van der Waals surface area contributed by atoms with Crippen LogP contribution in [-0.2, 0) is 11.3 Å². The first-order valence-corrected chi connectivity index (χ1v) is 10.4. The van der Waals surface area contributed by atoms with Crippen molar-refractivity contribution in [2.75, 3.05) is 18.4 Å². The second-order valence-corrected chi connectivity index (χ2v) is 8.29. The van der Waals surface area contributed by atoms with E-state index in [0.717, 1.165) is 42.1 Å². The van der Waals surface area contributed by atoms with Gasteiger partial charge in [0.1, 0.15) is 0 Å². The Morgan fingerprint density at radius 2 is 2.11 bits per heavy atom. The molecule has 3 heterocycles. The van der Waals surface area contributed by atoms with E-state index in [-0.39, 0.29) is 11.8 Å². The number of hydrogen-bond acceptors (Lipinski definition) is 6. The number of carbonyl (C=O) groups excluding carboxylic acids is 1. The summed E-state index contributed by atoms with van der Waals surface area (Å²) in [5, 5.41) is 9.15. The predicted molar refractivity (Wildman–Crippen MR) is 110 cm³/mol. The summed E-state index contributed by atoms with van der Waals surface area (Å²) in [6.45, 7) is 6.41. The summed E-state index contributed by atoms with van der Waals surface area (Å²) < 4.78 is 5.39. The molecule has 1 fully saturated rings. The van der Waals surface area contributed by atoms with Crippen LogP contribution >= 0.6 is 11.3 Å². The third kappa shape index (κ3) is 4.31. The van der Waals surface area contributed by atoms with Crippen LogP contribution in [0.2, 0.25) is 0 Å². The molecule has 1 aromatic carbocycles. The van der Waals surface area contributed by atoms with Crippen LogP contribution in [0.15, 0.2) is 40.2 Å². The van der Waals surface area contributed by atoms with E-state index in [9.17, 15) is 4.79 Å². The second kappa shape index (κ2) is 8.24. The van der Waals surface area contributed by atoms with Crippen molar-refractivity contribution in [1.29, 1.82) is 0 Å².